The Bertz CT molecular complexity index is 586. The van der Waals surface area contributed by atoms with Crippen molar-refractivity contribution >= 4 is 29.5 Å². The first-order valence-corrected chi connectivity index (χ1v) is 6.74. The van der Waals surface area contributed by atoms with Crippen LogP contribution in [0.15, 0.2) is 58.5 Å². The quantitative estimate of drug-likeness (QED) is 0.669. The van der Waals surface area contributed by atoms with E-state index < -0.39 is 0 Å². The number of carbonyl (C=O) groups is 1. The van der Waals surface area contributed by atoms with Crippen LogP contribution in [0, 0.1) is 0 Å². The SMILES string of the molecule is CC(/C=N\NC(=O)c1cccs1)=C/c1ccccc1. The number of thiophene rings is 1. The summed E-state index contributed by atoms with van der Waals surface area (Å²) in [6.07, 6.45) is 3.64. The summed E-state index contributed by atoms with van der Waals surface area (Å²) in [7, 11) is 0. The first kappa shape index (κ1) is 13.2. The van der Waals surface area contributed by atoms with E-state index in [2.05, 4.69) is 10.5 Å². The molecule has 1 heterocycles. The largest absolute Gasteiger partial charge is 0.281 e. The third kappa shape index (κ3) is 4.19. The standard InChI is InChI=1S/C15H14N2OS/c1-12(10-13-6-3-2-4-7-13)11-16-17-15(18)14-8-5-9-19-14/h2-11H,1H3,(H,17,18)/b12-10-,16-11-. The number of nitrogens with one attached hydrogen (secondary N) is 1. The zero-order chi connectivity index (χ0) is 13.5. The number of hydrogen-bond donors (Lipinski definition) is 1. The van der Waals surface area contributed by atoms with Gasteiger partial charge in [0.2, 0.25) is 0 Å². The van der Waals surface area contributed by atoms with Gasteiger partial charge in [0.15, 0.2) is 0 Å². The van der Waals surface area contributed by atoms with Crippen molar-refractivity contribution in [3.8, 4) is 0 Å². The lowest BCUT2D eigenvalue weighted by Crippen LogP contribution is -2.16. The van der Waals surface area contributed by atoms with Crippen LogP contribution in [0.1, 0.15) is 22.2 Å². The topological polar surface area (TPSA) is 41.5 Å². The van der Waals surface area contributed by atoms with Crippen LogP contribution >= 0.6 is 11.3 Å². The average Bonchev–Trinajstić information content (AvgIpc) is 2.93. The zero-order valence-electron chi connectivity index (χ0n) is 10.5. The van der Waals surface area contributed by atoms with E-state index in [0.29, 0.717) is 4.88 Å². The van der Waals surface area contributed by atoms with Gasteiger partial charge in [-0.3, -0.25) is 4.79 Å². The van der Waals surface area contributed by atoms with Gasteiger partial charge in [-0.2, -0.15) is 5.10 Å². The molecule has 1 N–H and O–H groups in total. The lowest BCUT2D eigenvalue weighted by molar-refractivity contribution is 0.0959. The molecule has 0 aliphatic rings. The Balaban J connectivity index is 1.92. The molecule has 2 rings (SSSR count). The summed E-state index contributed by atoms with van der Waals surface area (Å²) >= 11 is 1.39. The van der Waals surface area contributed by atoms with E-state index >= 15 is 0 Å². The Morgan fingerprint density at radius 2 is 2.00 bits per heavy atom. The third-order valence-electron chi connectivity index (χ3n) is 2.37. The van der Waals surface area contributed by atoms with Crippen molar-refractivity contribution in [2.45, 2.75) is 6.92 Å². The summed E-state index contributed by atoms with van der Waals surface area (Å²) in [4.78, 5) is 12.3. The molecule has 4 heteroatoms. The molecule has 0 radical (unpaired) electrons. The molecule has 1 aromatic carbocycles. The molecule has 0 saturated carbocycles. The fraction of sp³-hybridized carbons (Fsp3) is 0.0667. The highest BCUT2D eigenvalue weighted by Crippen LogP contribution is 2.07. The highest BCUT2D eigenvalue weighted by atomic mass is 32.1. The van der Waals surface area contributed by atoms with Gasteiger partial charge in [-0.05, 0) is 29.5 Å². The Kier molecular flexibility index (Phi) is 4.64. The third-order valence-corrected chi connectivity index (χ3v) is 3.24. The number of allylic oxidation sites excluding steroid dienone is 1. The Labute approximate surface area is 116 Å². The van der Waals surface area contributed by atoms with E-state index in [0.717, 1.165) is 11.1 Å². The molecule has 0 aliphatic heterocycles. The molecular formula is C15H14N2OS. The second-order valence-electron chi connectivity index (χ2n) is 3.98. The fourth-order valence-electron chi connectivity index (χ4n) is 1.50. The molecule has 2 aromatic rings. The van der Waals surface area contributed by atoms with E-state index in [1.54, 1.807) is 12.3 Å². The van der Waals surface area contributed by atoms with E-state index in [4.69, 9.17) is 0 Å². The maximum atomic E-state index is 11.6. The number of hydrogen-bond acceptors (Lipinski definition) is 3. The summed E-state index contributed by atoms with van der Waals surface area (Å²) in [6.45, 7) is 1.94. The van der Waals surface area contributed by atoms with Gasteiger partial charge >= 0.3 is 0 Å². The summed E-state index contributed by atoms with van der Waals surface area (Å²) in [5.41, 5.74) is 4.58. The number of amides is 1. The number of nitrogens with zero attached hydrogens (tertiary/aromatic N) is 1. The number of benzene rings is 1. The lowest BCUT2D eigenvalue weighted by atomic mass is 10.1. The van der Waals surface area contributed by atoms with Crippen LogP contribution in [0.25, 0.3) is 6.08 Å². The van der Waals surface area contributed by atoms with Gasteiger partial charge in [-0.25, -0.2) is 5.43 Å². The summed E-state index contributed by atoms with van der Waals surface area (Å²) in [5, 5.41) is 5.80. The molecule has 1 aromatic heterocycles. The molecule has 0 fully saturated rings. The van der Waals surface area contributed by atoms with E-state index in [9.17, 15) is 4.79 Å². The second kappa shape index (κ2) is 6.66. The maximum Gasteiger partial charge on any atom is 0.281 e. The Morgan fingerprint density at radius 3 is 2.68 bits per heavy atom. The molecule has 1 amide bonds. The molecular weight excluding hydrogens is 256 g/mol. The highest BCUT2D eigenvalue weighted by Gasteiger charge is 2.03. The fourth-order valence-corrected chi connectivity index (χ4v) is 2.12. The van der Waals surface area contributed by atoms with Crippen LogP contribution in [0.5, 0.6) is 0 Å². The molecule has 0 spiro atoms. The summed E-state index contributed by atoms with van der Waals surface area (Å²) in [6, 6.07) is 13.6. The highest BCUT2D eigenvalue weighted by molar-refractivity contribution is 7.12. The monoisotopic (exact) mass is 270 g/mol. The lowest BCUT2D eigenvalue weighted by Gasteiger charge is -1.96. The smallest absolute Gasteiger partial charge is 0.266 e. The van der Waals surface area contributed by atoms with Gasteiger partial charge in [0.1, 0.15) is 0 Å². The van der Waals surface area contributed by atoms with Crippen LogP contribution in [-0.2, 0) is 0 Å². The number of rotatable bonds is 4. The van der Waals surface area contributed by atoms with Gasteiger partial charge in [0.25, 0.3) is 5.91 Å². The van der Waals surface area contributed by atoms with Crippen LogP contribution in [0.2, 0.25) is 0 Å². The predicted octanol–water partition coefficient (Wildman–Crippen LogP) is 3.57. The predicted molar refractivity (Wildman–Crippen MR) is 80.4 cm³/mol. The average molecular weight is 270 g/mol. The van der Waals surface area contributed by atoms with Crippen LogP contribution < -0.4 is 5.43 Å². The Hall–Kier alpha value is -2.20. The Morgan fingerprint density at radius 1 is 1.21 bits per heavy atom. The molecule has 0 atom stereocenters. The van der Waals surface area contributed by atoms with E-state index in [1.807, 2.05) is 54.8 Å². The van der Waals surface area contributed by atoms with Crippen molar-refractivity contribution in [2.75, 3.05) is 0 Å². The van der Waals surface area contributed by atoms with E-state index in [-0.39, 0.29) is 5.91 Å². The van der Waals surface area contributed by atoms with Crippen LogP contribution in [0.3, 0.4) is 0 Å². The molecule has 3 nitrogen and oxygen atoms in total. The molecule has 0 saturated heterocycles. The molecule has 0 bridgehead atoms. The van der Waals surface area contributed by atoms with Gasteiger partial charge in [0, 0.05) is 0 Å². The number of carbonyl (C=O) groups excluding carboxylic acids is 1. The number of hydrazone groups is 1. The zero-order valence-corrected chi connectivity index (χ0v) is 11.4. The van der Waals surface area contributed by atoms with Crippen LogP contribution in [0.4, 0.5) is 0 Å². The minimum atomic E-state index is -0.182. The van der Waals surface area contributed by atoms with Crippen molar-refractivity contribution in [3.63, 3.8) is 0 Å². The van der Waals surface area contributed by atoms with Gasteiger partial charge in [0.05, 0.1) is 11.1 Å². The minimum Gasteiger partial charge on any atom is -0.266 e. The molecule has 19 heavy (non-hydrogen) atoms. The first-order chi connectivity index (χ1) is 9.25. The second-order valence-corrected chi connectivity index (χ2v) is 4.92. The summed E-state index contributed by atoms with van der Waals surface area (Å²) in [5.74, 6) is -0.182. The summed E-state index contributed by atoms with van der Waals surface area (Å²) < 4.78 is 0. The molecule has 0 unspecified atom stereocenters. The van der Waals surface area contributed by atoms with Gasteiger partial charge in [-0.1, -0.05) is 42.5 Å². The first-order valence-electron chi connectivity index (χ1n) is 5.86. The van der Waals surface area contributed by atoms with Crippen molar-refractivity contribution in [1.82, 2.24) is 5.43 Å². The molecule has 0 aliphatic carbocycles. The van der Waals surface area contributed by atoms with Crippen molar-refractivity contribution in [3.05, 3.63) is 63.9 Å². The van der Waals surface area contributed by atoms with E-state index in [1.165, 1.54) is 11.3 Å². The van der Waals surface area contributed by atoms with Crippen molar-refractivity contribution in [1.29, 1.82) is 0 Å². The minimum absolute atomic E-state index is 0.182. The van der Waals surface area contributed by atoms with Crippen LogP contribution in [-0.4, -0.2) is 12.1 Å². The molecule has 96 valence electrons. The maximum absolute atomic E-state index is 11.6. The van der Waals surface area contributed by atoms with Crippen molar-refractivity contribution < 1.29 is 4.79 Å². The normalized spacial score (nSPS) is 11.7. The van der Waals surface area contributed by atoms with Crippen molar-refractivity contribution in [2.24, 2.45) is 5.10 Å². The van der Waals surface area contributed by atoms with Gasteiger partial charge in [-0.15, -0.1) is 11.3 Å². The van der Waals surface area contributed by atoms with Gasteiger partial charge < -0.3 is 0 Å².